The van der Waals surface area contributed by atoms with Crippen LogP contribution < -0.4 is 10.2 Å². The highest BCUT2D eigenvalue weighted by Gasteiger charge is 2.22. The molecule has 0 spiro atoms. The zero-order valence-corrected chi connectivity index (χ0v) is 10.3. The van der Waals surface area contributed by atoms with Gasteiger partial charge >= 0.3 is 0 Å². The lowest BCUT2D eigenvalue weighted by Gasteiger charge is -2.24. The van der Waals surface area contributed by atoms with E-state index in [1.54, 1.807) is 6.07 Å². The standard InChI is InChI=1S/C15H13FN2O/c16-12-7-4-8-13-15(12)17-14(19)9-10-18(13)11-5-2-1-3-6-11/h1-8H,9-10H2,(H,17,19). The molecule has 2 aromatic rings. The summed E-state index contributed by atoms with van der Waals surface area (Å²) in [6.07, 6.45) is 0.336. The maximum Gasteiger partial charge on any atom is 0.226 e. The van der Waals surface area contributed by atoms with E-state index in [2.05, 4.69) is 5.32 Å². The molecule has 1 N–H and O–H groups in total. The second-order valence-corrected chi connectivity index (χ2v) is 4.42. The number of carbonyl (C=O) groups is 1. The molecule has 1 amide bonds. The van der Waals surface area contributed by atoms with Crippen molar-refractivity contribution in [2.45, 2.75) is 6.42 Å². The van der Waals surface area contributed by atoms with Crippen LogP contribution in [0.2, 0.25) is 0 Å². The van der Waals surface area contributed by atoms with Crippen LogP contribution >= 0.6 is 0 Å². The lowest BCUT2D eigenvalue weighted by molar-refractivity contribution is -0.115. The Bertz CT molecular complexity index is 613. The van der Waals surface area contributed by atoms with Gasteiger partial charge in [-0.1, -0.05) is 24.3 Å². The minimum Gasteiger partial charge on any atom is -0.339 e. The van der Waals surface area contributed by atoms with E-state index < -0.39 is 5.82 Å². The number of nitrogens with zero attached hydrogens (tertiary/aromatic N) is 1. The van der Waals surface area contributed by atoms with Gasteiger partial charge in [-0.15, -0.1) is 0 Å². The third kappa shape index (κ3) is 2.17. The third-order valence-corrected chi connectivity index (χ3v) is 3.18. The van der Waals surface area contributed by atoms with Crippen LogP contribution in [0.25, 0.3) is 0 Å². The van der Waals surface area contributed by atoms with Crippen molar-refractivity contribution < 1.29 is 9.18 Å². The molecule has 0 unspecified atom stereocenters. The summed E-state index contributed by atoms with van der Waals surface area (Å²) < 4.78 is 13.9. The largest absolute Gasteiger partial charge is 0.339 e. The molecule has 0 aromatic heterocycles. The lowest BCUT2D eigenvalue weighted by atomic mass is 10.2. The summed E-state index contributed by atoms with van der Waals surface area (Å²) in [6, 6.07) is 14.5. The van der Waals surface area contributed by atoms with Crippen molar-refractivity contribution in [3.05, 3.63) is 54.3 Å². The first kappa shape index (κ1) is 11.7. The van der Waals surface area contributed by atoms with Gasteiger partial charge in [0.25, 0.3) is 0 Å². The Morgan fingerprint density at radius 1 is 1.05 bits per heavy atom. The van der Waals surface area contributed by atoms with E-state index in [-0.39, 0.29) is 11.6 Å². The molecule has 1 heterocycles. The van der Waals surface area contributed by atoms with Gasteiger partial charge in [-0.3, -0.25) is 4.79 Å². The monoisotopic (exact) mass is 256 g/mol. The number of nitrogens with one attached hydrogen (secondary N) is 1. The summed E-state index contributed by atoms with van der Waals surface area (Å²) in [5.41, 5.74) is 1.90. The smallest absolute Gasteiger partial charge is 0.226 e. The first-order valence-electron chi connectivity index (χ1n) is 6.16. The van der Waals surface area contributed by atoms with Crippen LogP contribution in [0.1, 0.15) is 6.42 Å². The summed E-state index contributed by atoms with van der Waals surface area (Å²) in [6.45, 7) is 0.534. The first-order chi connectivity index (χ1) is 9.25. The number of hydrogen-bond acceptors (Lipinski definition) is 2. The number of carbonyl (C=O) groups excluding carboxylic acids is 1. The molecule has 3 rings (SSSR count). The first-order valence-corrected chi connectivity index (χ1v) is 6.16. The highest BCUT2D eigenvalue weighted by Crippen LogP contribution is 2.35. The zero-order valence-electron chi connectivity index (χ0n) is 10.3. The average Bonchev–Trinajstić information content (AvgIpc) is 2.60. The Balaban J connectivity index is 2.13. The number of para-hydroxylation sites is 2. The van der Waals surface area contributed by atoms with Crippen molar-refractivity contribution in [1.82, 2.24) is 0 Å². The topological polar surface area (TPSA) is 32.3 Å². The van der Waals surface area contributed by atoms with Crippen LogP contribution in [0.4, 0.5) is 21.5 Å². The van der Waals surface area contributed by atoms with Gasteiger partial charge in [0.1, 0.15) is 11.5 Å². The van der Waals surface area contributed by atoms with Crippen LogP contribution in [-0.4, -0.2) is 12.5 Å². The zero-order chi connectivity index (χ0) is 13.2. The molecule has 0 aliphatic carbocycles. The average molecular weight is 256 g/mol. The van der Waals surface area contributed by atoms with Crippen molar-refractivity contribution in [1.29, 1.82) is 0 Å². The van der Waals surface area contributed by atoms with Crippen molar-refractivity contribution in [3.63, 3.8) is 0 Å². The number of halogens is 1. The Labute approximate surface area is 110 Å². The van der Waals surface area contributed by atoms with E-state index >= 15 is 0 Å². The van der Waals surface area contributed by atoms with Gasteiger partial charge in [-0.25, -0.2) is 4.39 Å². The molecule has 0 atom stereocenters. The summed E-state index contributed by atoms with van der Waals surface area (Å²) in [5.74, 6) is -0.571. The molecule has 4 heteroatoms. The predicted octanol–water partition coefficient (Wildman–Crippen LogP) is 3.31. The predicted molar refractivity (Wildman–Crippen MR) is 73.1 cm³/mol. The summed E-state index contributed by atoms with van der Waals surface area (Å²) in [5, 5.41) is 2.63. The van der Waals surface area contributed by atoms with Gasteiger partial charge in [0.05, 0.1) is 5.69 Å². The summed E-state index contributed by atoms with van der Waals surface area (Å²) >= 11 is 0. The van der Waals surface area contributed by atoms with E-state index in [1.165, 1.54) is 6.07 Å². The van der Waals surface area contributed by atoms with Gasteiger partial charge in [0, 0.05) is 18.7 Å². The number of anilines is 3. The highest BCUT2D eigenvalue weighted by molar-refractivity contribution is 5.97. The van der Waals surface area contributed by atoms with E-state index in [0.29, 0.717) is 18.7 Å². The summed E-state index contributed by atoms with van der Waals surface area (Å²) in [7, 11) is 0. The van der Waals surface area contributed by atoms with Gasteiger partial charge in [-0.05, 0) is 24.3 Å². The number of amides is 1. The fourth-order valence-electron chi connectivity index (χ4n) is 2.27. The lowest BCUT2D eigenvalue weighted by Crippen LogP contribution is -2.18. The maximum absolute atomic E-state index is 13.9. The van der Waals surface area contributed by atoms with Crippen LogP contribution in [0.3, 0.4) is 0 Å². The maximum atomic E-state index is 13.9. The Hall–Kier alpha value is -2.36. The molecule has 2 aromatic carbocycles. The Morgan fingerprint density at radius 2 is 1.84 bits per heavy atom. The van der Waals surface area contributed by atoms with Crippen LogP contribution in [-0.2, 0) is 4.79 Å². The second kappa shape index (κ2) is 4.72. The molecule has 96 valence electrons. The molecule has 0 radical (unpaired) electrons. The number of benzene rings is 2. The third-order valence-electron chi connectivity index (χ3n) is 3.18. The molecule has 3 nitrogen and oxygen atoms in total. The molecule has 19 heavy (non-hydrogen) atoms. The molecule has 0 bridgehead atoms. The van der Waals surface area contributed by atoms with E-state index in [4.69, 9.17) is 0 Å². The molecular formula is C15H13FN2O. The van der Waals surface area contributed by atoms with Gasteiger partial charge in [0.15, 0.2) is 0 Å². The second-order valence-electron chi connectivity index (χ2n) is 4.42. The van der Waals surface area contributed by atoms with Crippen molar-refractivity contribution >= 4 is 23.0 Å². The highest BCUT2D eigenvalue weighted by atomic mass is 19.1. The summed E-state index contributed by atoms with van der Waals surface area (Å²) in [4.78, 5) is 13.6. The molecular weight excluding hydrogens is 243 g/mol. The number of rotatable bonds is 1. The fourth-order valence-corrected chi connectivity index (χ4v) is 2.27. The van der Waals surface area contributed by atoms with Crippen LogP contribution in [0.5, 0.6) is 0 Å². The fraction of sp³-hybridized carbons (Fsp3) is 0.133. The Morgan fingerprint density at radius 3 is 2.63 bits per heavy atom. The van der Waals surface area contributed by atoms with Crippen molar-refractivity contribution in [2.75, 3.05) is 16.8 Å². The molecule has 0 saturated carbocycles. The molecule has 0 fully saturated rings. The Kier molecular flexibility index (Phi) is 2.91. The van der Waals surface area contributed by atoms with E-state index in [1.807, 2.05) is 41.3 Å². The molecule has 1 aliphatic heterocycles. The molecule has 1 aliphatic rings. The van der Waals surface area contributed by atoms with Crippen LogP contribution in [0, 0.1) is 5.82 Å². The number of hydrogen-bond donors (Lipinski definition) is 1. The molecule has 0 saturated heterocycles. The van der Waals surface area contributed by atoms with Crippen molar-refractivity contribution in [2.24, 2.45) is 0 Å². The van der Waals surface area contributed by atoms with Crippen LogP contribution in [0.15, 0.2) is 48.5 Å². The van der Waals surface area contributed by atoms with Crippen molar-refractivity contribution in [3.8, 4) is 0 Å². The normalized spacial score (nSPS) is 14.6. The quantitative estimate of drug-likeness (QED) is 0.849. The van der Waals surface area contributed by atoms with E-state index in [0.717, 1.165) is 5.69 Å². The number of fused-ring (bicyclic) bond motifs is 1. The minimum absolute atomic E-state index is 0.162. The van der Waals surface area contributed by atoms with Gasteiger partial charge in [-0.2, -0.15) is 0 Å². The van der Waals surface area contributed by atoms with Gasteiger partial charge < -0.3 is 10.2 Å². The van der Waals surface area contributed by atoms with Gasteiger partial charge in [0.2, 0.25) is 5.91 Å². The minimum atomic E-state index is -0.409. The SMILES string of the molecule is O=C1CCN(c2ccccc2)c2cccc(F)c2N1. The van der Waals surface area contributed by atoms with E-state index in [9.17, 15) is 9.18 Å².